The molecule has 0 unspecified atom stereocenters. The number of nitrogens with zero attached hydrogens (tertiary/aromatic N) is 2. The summed E-state index contributed by atoms with van der Waals surface area (Å²) in [5, 5.41) is 2.06. The Bertz CT molecular complexity index is 874. The highest BCUT2D eigenvalue weighted by Crippen LogP contribution is 2.29. The van der Waals surface area contributed by atoms with Crippen molar-refractivity contribution in [3.63, 3.8) is 0 Å². The third-order valence-corrected chi connectivity index (χ3v) is 5.50. The van der Waals surface area contributed by atoms with E-state index in [1.165, 1.54) is 4.70 Å². The number of halogens is 1. The lowest BCUT2D eigenvalue weighted by Crippen LogP contribution is -2.26. The van der Waals surface area contributed by atoms with Crippen LogP contribution in [0.25, 0.3) is 10.2 Å². The van der Waals surface area contributed by atoms with Gasteiger partial charge in [-0.1, -0.05) is 12.1 Å². The summed E-state index contributed by atoms with van der Waals surface area (Å²) < 4.78 is 2.09. The zero-order chi connectivity index (χ0) is 15.1. The summed E-state index contributed by atoms with van der Waals surface area (Å²) in [7, 11) is 0. The van der Waals surface area contributed by atoms with Crippen molar-refractivity contribution in [2.24, 2.45) is 0 Å². The number of carbonyl (C=O) groups is 1. The summed E-state index contributed by atoms with van der Waals surface area (Å²) in [5.74, 6) is 0.110. The van der Waals surface area contributed by atoms with E-state index in [0.717, 1.165) is 33.2 Å². The smallest absolute Gasteiger partial charge is 0.255 e. The van der Waals surface area contributed by atoms with Gasteiger partial charge in [0.15, 0.2) is 0 Å². The molecule has 1 aliphatic heterocycles. The second kappa shape index (κ2) is 5.48. The molecule has 3 heterocycles. The van der Waals surface area contributed by atoms with Crippen LogP contribution in [0.1, 0.15) is 21.6 Å². The number of fused-ring (bicyclic) bond motifs is 2. The number of pyridine rings is 1. The first kappa shape index (κ1) is 13.9. The van der Waals surface area contributed by atoms with Crippen molar-refractivity contribution in [1.29, 1.82) is 0 Å². The van der Waals surface area contributed by atoms with E-state index in [2.05, 4.69) is 38.4 Å². The third-order valence-electron chi connectivity index (χ3n) is 3.96. The molecule has 5 heteroatoms. The van der Waals surface area contributed by atoms with Crippen molar-refractivity contribution in [3.8, 4) is 0 Å². The molecule has 1 aromatic carbocycles. The molecule has 0 saturated heterocycles. The van der Waals surface area contributed by atoms with Gasteiger partial charge in [-0.25, -0.2) is 0 Å². The largest absolute Gasteiger partial charge is 0.334 e. The predicted octanol–water partition coefficient (Wildman–Crippen LogP) is 4.26. The van der Waals surface area contributed by atoms with Crippen molar-refractivity contribution in [2.75, 3.05) is 6.54 Å². The Morgan fingerprint density at radius 2 is 2.14 bits per heavy atom. The molecule has 3 aromatic rings. The van der Waals surface area contributed by atoms with Crippen molar-refractivity contribution in [1.82, 2.24) is 9.88 Å². The fourth-order valence-electron chi connectivity index (χ4n) is 2.84. The van der Waals surface area contributed by atoms with Gasteiger partial charge in [0.2, 0.25) is 0 Å². The average Bonchev–Trinajstić information content (AvgIpc) is 3.10. The number of carbonyl (C=O) groups excluding carboxylic acids is 1. The molecule has 110 valence electrons. The lowest BCUT2D eigenvalue weighted by atomic mass is 10.1. The Morgan fingerprint density at radius 3 is 3.00 bits per heavy atom. The zero-order valence-corrected chi connectivity index (χ0v) is 14.2. The molecule has 3 nitrogen and oxygen atoms in total. The third kappa shape index (κ3) is 2.34. The second-order valence-corrected chi connectivity index (χ2v) is 7.16. The highest BCUT2D eigenvalue weighted by molar-refractivity contribution is 9.10. The molecule has 1 amide bonds. The molecule has 0 atom stereocenters. The molecule has 0 aliphatic carbocycles. The van der Waals surface area contributed by atoms with Gasteiger partial charge in [-0.3, -0.25) is 9.78 Å². The van der Waals surface area contributed by atoms with Crippen LogP contribution in [0.3, 0.4) is 0 Å². The zero-order valence-electron chi connectivity index (χ0n) is 11.8. The molecule has 1 aliphatic rings. The van der Waals surface area contributed by atoms with Gasteiger partial charge in [0.05, 0.1) is 15.8 Å². The van der Waals surface area contributed by atoms with Crippen LogP contribution in [-0.4, -0.2) is 22.3 Å². The van der Waals surface area contributed by atoms with Crippen molar-refractivity contribution in [3.05, 3.63) is 63.1 Å². The molecule has 0 fully saturated rings. The van der Waals surface area contributed by atoms with Crippen molar-refractivity contribution in [2.45, 2.75) is 13.0 Å². The summed E-state index contributed by atoms with van der Waals surface area (Å²) in [6.45, 7) is 1.39. The molecular formula is C17H13BrN2OS. The first-order valence-electron chi connectivity index (χ1n) is 7.12. The Hall–Kier alpha value is -1.72. The fraction of sp³-hybridized carbons (Fsp3) is 0.176. The van der Waals surface area contributed by atoms with Gasteiger partial charge in [-0.15, -0.1) is 11.3 Å². The van der Waals surface area contributed by atoms with E-state index in [-0.39, 0.29) is 5.91 Å². The Labute approximate surface area is 140 Å². The van der Waals surface area contributed by atoms with Crippen LogP contribution >= 0.6 is 27.3 Å². The number of rotatable bonds is 3. The lowest BCUT2D eigenvalue weighted by molar-refractivity contribution is 0.0779. The summed E-state index contributed by atoms with van der Waals surface area (Å²) in [4.78, 5) is 19.0. The first-order chi connectivity index (χ1) is 10.7. The number of thiophene rings is 1. The minimum absolute atomic E-state index is 0.110. The van der Waals surface area contributed by atoms with Crippen molar-refractivity contribution < 1.29 is 4.79 Å². The molecule has 22 heavy (non-hydrogen) atoms. The Balaban J connectivity index is 1.51. The van der Waals surface area contributed by atoms with Crippen molar-refractivity contribution >= 4 is 43.4 Å². The highest BCUT2D eigenvalue weighted by Gasteiger charge is 2.28. The van der Waals surface area contributed by atoms with Gasteiger partial charge in [0.25, 0.3) is 5.91 Å². The Kier molecular flexibility index (Phi) is 3.47. The van der Waals surface area contributed by atoms with Crippen LogP contribution in [0.5, 0.6) is 0 Å². The maximum Gasteiger partial charge on any atom is 0.255 e. The van der Waals surface area contributed by atoms with Gasteiger partial charge in [-0.2, -0.15) is 0 Å². The molecule has 0 N–H and O–H groups in total. The SMILES string of the molecule is O=C1c2c(Br)cccc2CN1CCc1ccc2sccc2n1. The van der Waals surface area contributed by atoms with E-state index in [9.17, 15) is 4.79 Å². The van der Waals surface area contributed by atoms with Gasteiger partial charge in [0, 0.05) is 29.7 Å². The van der Waals surface area contributed by atoms with Gasteiger partial charge >= 0.3 is 0 Å². The normalized spacial score (nSPS) is 13.9. The number of hydrogen-bond acceptors (Lipinski definition) is 3. The monoisotopic (exact) mass is 372 g/mol. The second-order valence-electron chi connectivity index (χ2n) is 5.36. The van der Waals surface area contributed by atoms with Crippen LogP contribution < -0.4 is 0 Å². The number of hydrogen-bond donors (Lipinski definition) is 0. The molecule has 0 bridgehead atoms. The summed E-state index contributed by atoms with van der Waals surface area (Å²) in [6, 6.07) is 12.1. The molecule has 0 spiro atoms. The minimum Gasteiger partial charge on any atom is -0.334 e. The topological polar surface area (TPSA) is 33.2 Å². The van der Waals surface area contributed by atoms with Crippen LogP contribution in [0, 0.1) is 0 Å². The quantitative estimate of drug-likeness (QED) is 0.688. The summed E-state index contributed by atoms with van der Waals surface area (Å²) in [6.07, 6.45) is 0.781. The molecule has 0 radical (unpaired) electrons. The number of benzene rings is 1. The standard InChI is InChI=1S/C17H13BrN2OS/c18-13-3-1-2-11-10-20(17(21)16(11)13)8-6-12-4-5-15-14(19-12)7-9-22-15/h1-5,7,9H,6,8,10H2. The van der Waals surface area contributed by atoms with Gasteiger partial charge < -0.3 is 4.90 Å². The van der Waals surface area contributed by atoms with E-state index >= 15 is 0 Å². The van der Waals surface area contributed by atoms with Crippen LogP contribution in [0.15, 0.2) is 46.3 Å². The maximum absolute atomic E-state index is 12.5. The van der Waals surface area contributed by atoms with Gasteiger partial charge in [0.1, 0.15) is 0 Å². The molecule has 4 rings (SSSR count). The van der Waals surface area contributed by atoms with Crippen LogP contribution in [0.2, 0.25) is 0 Å². The highest BCUT2D eigenvalue weighted by atomic mass is 79.9. The van der Waals surface area contributed by atoms with Crippen LogP contribution in [0.4, 0.5) is 0 Å². The van der Waals surface area contributed by atoms with E-state index < -0.39 is 0 Å². The van der Waals surface area contributed by atoms with E-state index in [1.807, 2.05) is 29.2 Å². The van der Waals surface area contributed by atoms with E-state index in [4.69, 9.17) is 0 Å². The van der Waals surface area contributed by atoms with Gasteiger partial charge in [-0.05, 0) is 51.1 Å². The average molecular weight is 373 g/mol. The molecular weight excluding hydrogens is 360 g/mol. The Morgan fingerprint density at radius 1 is 1.23 bits per heavy atom. The number of amides is 1. The molecule has 0 saturated carbocycles. The summed E-state index contributed by atoms with van der Waals surface area (Å²) in [5.41, 5.74) is 3.99. The van der Waals surface area contributed by atoms with E-state index in [0.29, 0.717) is 13.1 Å². The maximum atomic E-state index is 12.5. The lowest BCUT2D eigenvalue weighted by Gasteiger charge is -2.15. The first-order valence-corrected chi connectivity index (χ1v) is 8.79. The summed E-state index contributed by atoms with van der Waals surface area (Å²) >= 11 is 5.18. The predicted molar refractivity (Wildman–Crippen MR) is 92.2 cm³/mol. The van der Waals surface area contributed by atoms with E-state index in [1.54, 1.807) is 11.3 Å². The fourth-order valence-corrected chi connectivity index (χ4v) is 4.14. The van der Waals surface area contributed by atoms with Crippen LogP contribution in [-0.2, 0) is 13.0 Å². The molecule has 2 aromatic heterocycles. The number of aromatic nitrogens is 1. The minimum atomic E-state index is 0.110.